The van der Waals surface area contributed by atoms with Crippen molar-refractivity contribution in [2.45, 2.75) is 32.2 Å². The fourth-order valence-electron chi connectivity index (χ4n) is 2.45. The quantitative estimate of drug-likeness (QED) is 0.856. The van der Waals surface area contributed by atoms with Crippen LogP contribution in [-0.2, 0) is 5.54 Å². The van der Waals surface area contributed by atoms with Crippen LogP contribution >= 0.6 is 11.6 Å². The highest BCUT2D eigenvalue weighted by Crippen LogP contribution is 2.37. The second kappa shape index (κ2) is 4.27. The summed E-state index contributed by atoms with van der Waals surface area (Å²) in [6.45, 7) is 5.35. The van der Waals surface area contributed by atoms with Gasteiger partial charge in [0.25, 0.3) is 0 Å². The lowest BCUT2D eigenvalue weighted by Gasteiger charge is -2.26. The molecule has 1 saturated heterocycles. The first kappa shape index (κ1) is 11.7. The summed E-state index contributed by atoms with van der Waals surface area (Å²) >= 11 is 6.22. The largest absolute Gasteiger partial charge is 0.495 e. The first-order valence-corrected chi connectivity index (χ1v) is 6.04. The van der Waals surface area contributed by atoms with E-state index < -0.39 is 0 Å². The van der Waals surface area contributed by atoms with Crippen LogP contribution in [0.3, 0.4) is 0 Å². The van der Waals surface area contributed by atoms with E-state index in [9.17, 15) is 0 Å². The monoisotopic (exact) mass is 239 g/mol. The van der Waals surface area contributed by atoms with Crippen molar-refractivity contribution < 1.29 is 4.74 Å². The smallest absolute Gasteiger partial charge is 0.140 e. The van der Waals surface area contributed by atoms with E-state index in [4.69, 9.17) is 16.3 Å². The van der Waals surface area contributed by atoms with Crippen molar-refractivity contribution in [1.82, 2.24) is 5.32 Å². The molecule has 3 heteroatoms. The molecule has 0 saturated carbocycles. The topological polar surface area (TPSA) is 21.3 Å². The maximum absolute atomic E-state index is 6.22. The second-order valence-electron chi connectivity index (χ2n) is 4.67. The lowest BCUT2D eigenvalue weighted by Crippen LogP contribution is -2.33. The summed E-state index contributed by atoms with van der Waals surface area (Å²) in [4.78, 5) is 0. The third-order valence-electron chi connectivity index (χ3n) is 3.44. The Balaban J connectivity index is 2.43. The van der Waals surface area contributed by atoms with Crippen molar-refractivity contribution in [3.8, 4) is 5.75 Å². The summed E-state index contributed by atoms with van der Waals surface area (Å²) < 4.78 is 5.27. The maximum Gasteiger partial charge on any atom is 0.140 e. The predicted molar refractivity (Wildman–Crippen MR) is 67.3 cm³/mol. The van der Waals surface area contributed by atoms with Crippen molar-refractivity contribution in [3.63, 3.8) is 0 Å². The van der Waals surface area contributed by atoms with Crippen LogP contribution in [0.25, 0.3) is 0 Å². The Morgan fingerprint density at radius 1 is 1.44 bits per heavy atom. The Labute approximate surface area is 102 Å². The Hall–Kier alpha value is -0.730. The lowest BCUT2D eigenvalue weighted by atomic mass is 9.89. The fraction of sp³-hybridized carbons (Fsp3) is 0.538. The molecule has 1 heterocycles. The van der Waals surface area contributed by atoms with Crippen LogP contribution in [0.1, 0.15) is 30.9 Å². The van der Waals surface area contributed by atoms with Gasteiger partial charge in [-0.25, -0.2) is 0 Å². The van der Waals surface area contributed by atoms with Gasteiger partial charge in [-0.3, -0.25) is 0 Å². The minimum Gasteiger partial charge on any atom is -0.495 e. The van der Waals surface area contributed by atoms with E-state index in [2.05, 4.69) is 18.3 Å². The molecule has 2 rings (SSSR count). The molecule has 1 atom stereocenters. The van der Waals surface area contributed by atoms with Crippen LogP contribution in [0, 0.1) is 6.92 Å². The van der Waals surface area contributed by atoms with E-state index in [1.165, 1.54) is 12.0 Å². The Morgan fingerprint density at radius 3 is 2.69 bits per heavy atom. The second-order valence-corrected chi connectivity index (χ2v) is 5.08. The highest BCUT2D eigenvalue weighted by atomic mass is 35.5. The van der Waals surface area contributed by atoms with Gasteiger partial charge in [-0.05, 0) is 50.4 Å². The number of benzene rings is 1. The summed E-state index contributed by atoms with van der Waals surface area (Å²) in [6.07, 6.45) is 2.38. The summed E-state index contributed by atoms with van der Waals surface area (Å²) in [5, 5.41) is 4.24. The van der Waals surface area contributed by atoms with E-state index in [-0.39, 0.29) is 5.54 Å². The summed E-state index contributed by atoms with van der Waals surface area (Å²) in [5.74, 6) is 0.784. The van der Waals surface area contributed by atoms with Crippen LogP contribution in [-0.4, -0.2) is 13.7 Å². The van der Waals surface area contributed by atoms with Gasteiger partial charge in [-0.2, -0.15) is 0 Å². The zero-order valence-corrected chi connectivity index (χ0v) is 10.8. The third kappa shape index (κ3) is 1.92. The molecular formula is C13H18ClNO. The molecule has 16 heavy (non-hydrogen) atoms. The van der Waals surface area contributed by atoms with E-state index >= 15 is 0 Å². The molecule has 1 fully saturated rings. The van der Waals surface area contributed by atoms with E-state index in [0.717, 1.165) is 24.3 Å². The third-order valence-corrected chi connectivity index (χ3v) is 3.72. The summed E-state index contributed by atoms with van der Waals surface area (Å²) in [5.41, 5.74) is 2.42. The molecule has 0 spiro atoms. The van der Waals surface area contributed by atoms with E-state index in [0.29, 0.717) is 5.02 Å². The number of halogens is 1. The van der Waals surface area contributed by atoms with Gasteiger partial charge in [0.2, 0.25) is 0 Å². The molecule has 0 radical (unpaired) electrons. The summed E-state index contributed by atoms with van der Waals surface area (Å²) in [6, 6.07) is 4.19. The first-order chi connectivity index (χ1) is 7.57. The predicted octanol–water partition coefficient (Wildman–Crippen LogP) is 3.26. The Kier molecular flexibility index (Phi) is 3.13. The fourth-order valence-corrected chi connectivity index (χ4v) is 2.79. The average Bonchev–Trinajstić information content (AvgIpc) is 2.66. The van der Waals surface area contributed by atoms with Crippen LogP contribution in [0.4, 0.5) is 0 Å². The lowest BCUT2D eigenvalue weighted by molar-refractivity contribution is 0.407. The number of rotatable bonds is 2. The molecule has 1 unspecified atom stereocenters. The number of hydrogen-bond donors (Lipinski definition) is 1. The van der Waals surface area contributed by atoms with Crippen molar-refractivity contribution in [3.05, 3.63) is 28.3 Å². The van der Waals surface area contributed by atoms with Crippen LogP contribution in [0.5, 0.6) is 5.75 Å². The Bertz CT molecular complexity index is 374. The molecule has 0 aromatic heterocycles. The van der Waals surface area contributed by atoms with E-state index in [1.54, 1.807) is 7.11 Å². The van der Waals surface area contributed by atoms with Crippen LogP contribution < -0.4 is 10.1 Å². The molecule has 2 nitrogen and oxygen atoms in total. The van der Waals surface area contributed by atoms with Crippen molar-refractivity contribution in [1.29, 1.82) is 0 Å². The highest BCUT2D eigenvalue weighted by molar-refractivity contribution is 6.32. The average molecular weight is 240 g/mol. The summed E-state index contributed by atoms with van der Waals surface area (Å²) in [7, 11) is 1.66. The van der Waals surface area contributed by atoms with Crippen LogP contribution in [0.2, 0.25) is 5.02 Å². The number of aryl methyl sites for hydroxylation is 1. The van der Waals surface area contributed by atoms with Gasteiger partial charge in [0.1, 0.15) is 5.75 Å². The molecule has 0 aliphatic carbocycles. The standard InChI is InChI=1S/C13H18ClNO/c1-9-7-10(8-11(14)12(9)16-3)13(2)5-4-6-15-13/h7-8,15H,4-6H2,1-3H3. The molecule has 1 aliphatic heterocycles. The van der Waals surface area contributed by atoms with Gasteiger partial charge in [-0.1, -0.05) is 17.7 Å². The minimum atomic E-state index is 0.0701. The molecular weight excluding hydrogens is 222 g/mol. The molecule has 1 N–H and O–H groups in total. The van der Waals surface area contributed by atoms with Crippen molar-refractivity contribution in [2.75, 3.05) is 13.7 Å². The molecule has 1 aliphatic rings. The van der Waals surface area contributed by atoms with E-state index in [1.807, 2.05) is 13.0 Å². The number of nitrogens with one attached hydrogen (secondary N) is 1. The minimum absolute atomic E-state index is 0.0701. The molecule has 0 bridgehead atoms. The normalized spacial score (nSPS) is 24.8. The highest BCUT2D eigenvalue weighted by Gasteiger charge is 2.30. The molecule has 88 valence electrons. The molecule has 0 amide bonds. The van der Waals surface area contributed by atoms with Gasteiger partial charge in [0, 0.05) is 5.54 Å². The number of methoxy groups -OCH3 is 1. The molecule has 1 aromatic carbocycles. The maximum atomic E-state index is 6.22. The zero-order chi connectivity index (χ0) is 11.8. The van der Waals surface area contributed by atoms with Gasteiger partial charge in [-0.15, -0.1) is 0 Å². The van der Waals surface area contributed by atoms with Crippen LogP contribution in [0.15, 0.2) is 12.1 Å². The SMILES string of the molecule is COc1c(C)cc(C2(C)CCCN2)cc1Cl. The van der Waals surface area contributed by atoms with Gasteiger partial charge in [0.15, 0.2) is 0 Å². The number of ether oxygens (including phenoxy) is 1. The van der Waals surface area contributed by atoms with Gasteiger partial charge in [0.05, 0.1) is 12.1 Å². The van der Waals surface area contributed by atoms with Gasteiger partial charge >= 0.3 is 0 Å². The van der Waals surface area contributed by atoms with Gasteiger partial charge < -0.3 is 10.1 Å². The number of hydrogen-bond acceptors (Lipinski definition) is 2. The van der Waals surface area contributed by atoms with Crippen molar-refractivity contribution in [2.24, 2.45) is 0 Å². The van der Waals surface area contributed by atoms with Crippen molar-refractivity contribution >= 4 is 11.6 Å². The Morgan fingerprint density at radius 2 is 2.19 bits per heavy atom. The zero-order valence-electron chi connectivity index (χ0n) is 10.1. The molecule has 1 aromatic rings. The first-order valence-electron chi connectivity index (χ1n) is 5.66.